The summed E-state index contributed by atoms with van der Waals surface area (Å²) in [4.78, 5) is 26.6. The van der Waals surface area contributed by atoms with Gasteiger partial charge in [0.1, 0.15) is 0 Å². The highest BCUT2D eigenvalue weighted by molar-refractivity contribution is 6.31. The van der Waals surface area contributed by atoms with Gasteiger partial charge in [0.15, 0.2) is 0 Å². The van der Waals surface area contributed by atoms with Gasteiger partial charge in [-0.3, -0.25) is 14.5 Å². The van der Waals surface area contributed by atoms with Crippen LogP contribution in [-0.4, -0.2) is 42.4 Å². The first-order valence-corrected chi connectivity index (χ1v) is 9.86. The second kappa shape index (κ2) is 9.93. The zero-order valence-corrected chi connectivity index (χ0v) is 16.7. The first kappa shape index (κ1) is 20.7. The minimum absolute atomic E-state index is 0.0329. The Bertz CT molecular complexity index is 627. The number of piperidine rings is 1. The largest absolute Gasteiger partial charge is 0.353 e. The van der Waals surface area contributed by atoms with Crippen LogP contribution in [0.5, 0.6) is 0 Å². The Kier molecular flexibility index (Phi) is 7.91. The van der Waals surface area contributed by atoms with Gasteiger partial charge in [0.25, 0.3) is 0 Å². The highest BCUT2D eigenvalue weighted by Gasteiger charge is 2.23. The average Bonchev–Trinajstić information content (AvgIpc) is 2.61. The van der Waals surface area contributed by atoms with Gasteiger partial charge in [-0.1, -0.05) is 37.9 Å². The molecule has 1 aliphatic rings. The van der Waals surface area contributed by atoms with Crippen molar-refractivity contribution in [3.05, 3.63) is 28.8 Å². The van der Waals surface area contributed by atoms with Crippen molar-refractivity contribution in [1.29, 1.82) is 0 Å². The summed E-state index contributed by atoms with van der Waals surface area (Å²) in [6, 6.07) is 5.72. The van der Waals surface area contributed by atoms with E-state index < -0.39 is 0 Å². The van der Waals surface area contributed by atoms with E-state index >= 15 is 0 Å². The van der Waals surface area contributed by atoms with Gasteiger partial charge in [-0.25, -0.2) is 0 Å². The van der Waals surface area contributed by atoms with Crippen molar-refractivity contribution < 1.29 is 9.59 Å². The Hall–Kier alpha value is -1.59. The number of carbonyl (C=O) groups is 2. The standard InChI is InChI=1S/C20H30ClN3O2/c1-4-6-14(2)20(26)22-16-9-11-24(12-10-16)13-19(25)23-18-8-5-7-17(21)15(18)3/h5,7-8,14,16H,4,6,9-13H2,1-3H3,(H,22,26)(H,23,25). The van der Waals surface area contributed by atoms with Crippen molar-refractivity contribution in [3.8, 4) is 0 Å². The Morgan fingerprint density at radius 1 is 1.31 bits per heavy atom. The molecule has 2 amide bonds. The van der Waals surface area contributed by atoms with E-state index in [0.29, 0.717) is 11.6 Å². The maximum Gasteiger partial charge on any atom is 0.238 e. The molecule has 144 valence electrons. The number of nitrogens with zero attached hydrogens (tertiary/aromatic N) is 1. The van der Waals surface area contributed by atoms with Gasteiger partial charge in [0, 0.05) is 35.8 Å². The zero-order chi connectivity index (χ0) is 19.1. The molecule has 6 heteroatoms. The number of hydrogen-bond donors (Lipinski definition) is 2. The van der Waals surface area contributed by atoms with Gasteiger partial charge >= 0.3 is 0 Å². The molecule has 0 bridgehead atoms. The fraction of sp³-hybridized carbons (Fsp3) is 0.600. The molecule has 1 aliphatic heterocycles. The number of carbonyl (C=O) groups excluding carboxylic acids is 2. The normalized spacial score (nSPS) is 16.9. The van der Waals surface area contributed by atoms with E-state index in [9.17, 15) is 9.59 Å². The summed E-state index contributed by atoms with van der Waals surface area (Å²) in [5.41, 5.74) is 1.64. The maximum absolute atomic E-state index is 12.3. The molecule has 1 unspecified atom stereocenters. The van der Waals surface area contributed by atoms with Crippen LogP contribution < -0.4 is 10.6 Å². The Balaban J connectivity index is 1.75. The van der Waals surface area contributed by atoms with Gasteiger partial charge in [0.05, 0.1) is 6.54 Å². The maximum atomic E-state index is 12.3. The Labute approximate surface area is 161 Å². The molecule has 26 heavy (non-hydrogen) atoms. The minimum Gasteiger partial charge on any atom is -0.353 e. The van der Waals surface area contributed by atoms with Gasteiger partial charge in [0.2, 0.25) is 11.8 Å². The number of rotatable bonds is 7. The van der Waals surface area contributed by atoms with Crippen molar-refractivity contribution in [2.24, 2.45) is 5.92 Å². The molecule has 1 saturated heterocycles. The van der Waals surface area contributed by atoms with Gasteiger partial charge in [-0.05, 0) is 43.9 Å². The van der Waals surface area contributed by atoms with E-state index in [4.69, 9.17) is 11.6 Å². The molecule has 0 saturated carbocycles. The SMILES string of the molecule is CCCC(C)C(=O)NC1CCN(CC(=O)Nc2cccc(Cl)c2C)CC1. The molecule has 5 nitrogen and oxygen atoms in total. The van der Waals surface area contributed by atoms with E-state index in [-0.39, 0.29) is 23.8 Å². The molecule has 0 aliphatic carbocycles. The minimum atomic E-state index is -0.0329. The third-order valence-corrected chi connectivity index (χ3v) is 5.42. The van der Waals surface area contributed by atoms with Crippen molar-refractivity contribution >= 4 is 29.1 Å². The number of benzene rings is 1. The number of amides is 2. The van der Waals surface area contributed by atoms with Crippen molar-refractivity contribution in [3.63, 3.8) is 0 Å². The number of nitrogens with one attached hydrogen (secondary N) is 2. The predicted molar refractivity (Wildman–Crippen MR) is 106 cm³/mol. The van der Waals surface area contributed by atoms with Crippen LogP contribution in [0.2, 0.25) is 5.02 Å². The number of halogens is 1. The molecular weight excluding hydrogens is 350 g/mol. The molecule has 2 N–H and O–H groups in total. The van der Waals surface area contributed by atoms with Gasteiger partial charge in [-0.2, -0.15) is 0 Å². The first-order valence-electron chi connectivity index (χ1n) is 9.48. The molecule has 0 radical (unpaired) electrons. The summed E-state index contributed by atoms with van der Waals surface area (Å²) in [6.45, 7) is 7.96. The third-order valence-electron chi connectivity index (χ3n) is 5.01. The van der Waals surface area contributed by atoms with Crippen LogP contribution >= 0.6 is 11.6 Å². The highest BCUT2D eigenvalue weighted by atomic mass is 35.5. The molecule has 1 atom stereocenters. The highest BCUT2D eigenvalue weighted by Crippen LogP contribution is 2.23. The molecule has 1 fully saturated rings. The Morgan fingerprint density at radius 2 is 2.00 bits per heavy atom. The lowest BCUT2D eigenvalue weighted by atomic mass is 10.0. The molecule has 0 spiro atoms. The monoisotopic (exact) mass is 379 g/mol. The van der Waals surface area contributed by atoms with E-state index in [1.165, 1.54) is 0 Å². The van der Waals surface area contributed by atoms with Crippen LogP contribution in [0, 0.1) is 12.8 Å². The number of likely N-dealkylation sites (tertiary alicyclic amines) is 1. The summed E-state index contributed by atoms with van der Waals surface area (Å²) in [7, 11) is 0. The van der Waals surface area contributed by atoms with E-state index in [2.05, 4.69) is 22.5 Å². The van der Waals surface area contributed by atoms with Crippen LogP contribution in [0.1, 0.15) is 45.1 Å². The molecule has 0 aromatic heterocycles. The van der Waals surface area contributed by atoms with Crippen molar-refractivity contribution in [2.75, 3.05) is 25.0 Å². The van der Waals surface area contributed by atoms with Crippen LogP contribution in [0.4, 0.5) is 5.69 Å². The van der Waals surface area contributed by atoms with Gasteiger partial charge < -0.3 is 10.6 Å². The smallest absolute Gasteiger partial charge is 0.238 e. The second-order valence-corrected chi connectivity index (χ2v) is 7.62. The van der Waals surface area contributed by atoms with Crippen LogP contribution in [0.3, 0.4) is 0 Å². The van der Waals surface area contributed by atoms with Crippen LogP contribution in [0.25, 0.3) is 0 Å². The van der Waals surface area contributed by atoms with Crippen molar-refractivity contribution in [1.82, 2.24) is 10.2 Å². The molecule has 1 heterocycles. The lowest BCUT2D eigenvalue weighted by Crippen LogP contribution is -2.47. The summed E-state index contributed by atoms with van der Waals surface area (Å²) in [5, 5.41) is 6.74. The second-order valence-electron chi connectivity index (χ2n) is 7.21. The van der Waals surface area contributed by atoms with Crippen LogP contribution in [-0.2, 0) is 9.59 Å². The topological polar surface area (TPSA) is 61.4 Å². The first-order chi connectivity index (χ1) is 12.4. The third kappa shape index (κ3) is 5.99. The number of hydrogen-bond acceptors (Lipinski definition) is 3. The van der Waals surface area contributed by atoms with Crippen molar-refractivity contribution in [2.45, 2.75) is 52.5 Å². The molecule has 1 aromatic rings. The van der Waals surface area contributed by atoms with E-state index in [1.807, 2.05) is 32.0 Å². The van der Waals surface area contributed by atoms with E-state index in [0.717, 1.165) is 50.0 Å². The summed E-state index contributed by atoms with van der Waals surface area (Å²) in [5.74, 6) is 0.193. The fourth-order valence-electron chi connectivity index (χ4n) is 3.28. The van der Waals surface area contributed by atoms with Crippen LogP contribution in [0.15, 0.2) is 18.2 Å². The van der Waals surface area contributed by atoms with E-state index in [1.54, 1.807) is 0 Å². The average molecular weight is 380 g/mol. The quantitative estimate of drug-likeness (QED) is 0.760. The predicted octanol–water partition coefficient (Wildman–Crippen LogP) is 3.60. The zero-order valence-electron chi connectivity index (χ0n) is 16.0. The van der Waals surface area contributed by atoms with Gasteiger partial charge in [-0.15, -0.1) is 0 Å². The summed E-state index contributed by atoms with van der Waals surface area (Å²) in [6.07, 6.45) is 3.71. The number of anilines is 1. The summed E-state index contributed by atoms with van der Waals surface area (Å²) < 4.78 is 0. The fourth-order valence-corrected chi connectivity index (χ4v) is 3.45. The lowest BCUT2D eigenvalue weighted by Gasteiger charge is -2.32. The molecular formula is C20H30ClN3O2. The molecule has 1 aromatic carbocycles. The summed E-state index contributed by atoms with van der Waals surface area (Å²) >= 11 is 6.09. The lowest BCUT2D eigenvalue weighted by molar-refractivity contribution is -0.126. The Morgan fingerprint density at radius 3 is 2.65 bits per heavy atom. The molecule has 2 rings (SSSR count).